The van der Waals surface area contributed by atoms with Crippen molar-refractivity contribution in [3.63, 3.8) is 0 Å². The molecule has 1 aromatic heterocycles. The van der Waals surface area contributed by atoms with Crippen LogP contribution in [0.2, 0.25) is 0 Å². The first-order valence-electron chi connectivity index (χ1n) is 9.32. The summed E-state index contributed by atoms with van der Waals surface area (Å²) < 4.78 is 8.31. The molecule has 0 saturated heterocycles. The maximum Gasteiger partial charge on any atom is 0.191 e. The van der Waals surface area contributed by atoms with E-state index in [1.807, 2.05) is 6.92 Å². The van der Waals surface area contributed by atoms with Crippen molar-refractivity contribution >= 4 is 11.8 Å². The lowest BCUT2D eigenvalue weighted by Crippen LogP contribution is -2.12. The lowest BCUT2D eigenvalue weighted by Gasteiger charge is -2.16. The fraction of sp³-hybridized carbons (Fsp3) is 0.364. The van der Waals surface area contributed by atoms with E-state index in [2.05, 4.69) is 84.9 Å². The molecule has 1 unspecified atom stereocenters. The number of hydrogen-bond acceptors (Lipinski definition) is 4. The molecule has 0 spiro atoms. The lowest BCUT2D eigenvalue weighted by molar-refractivity contribution is 0.209. The molecular weight excluding hydrogens is 354 g/mol. The zero-order valence-corrected chi connectivity index (χ0v) is 17.5. The zero-order valence-electron chi connectivity index (χ0n) is 16.7. The van der Waals surface area contributed by atoms with E-state index in [1.54, 1.807) is 11.8 Å². The first kappa shape index (κ1) is 19.5. The molecule has 0 amide bonds. The van der Waals surface area contributed by atoms with Crippen molar-refractivity contribution < 1.29 is 4.74 Å². The first-order chi connectivity index (χ1) is 13.0. The van der Waals surface area contributed by atoms with Gasteiger partial charge in [-0.25, -0.2) is 0 Å². The Labute approximate surface area is 166 Å². The van der Waals surface area contributed by atoms with Crippen LogP contribution in [0.1, 0.15) is 48.0 Å². The molecule has 0 aliphatic carbocycles. The van der Waals surface area contributed by atoms with Gasteiger partial charge in [-0.2, -0.15) is 0 Å². The van der Waals surface area contributed by atoms with Crippen molar-refractivity contribution in [2.24, 2.45) is 0 Å². The molecule has 0 aliphatic heterocycles. The van der Waals surface area contributed by atoms with Crippen molar-refractivity contribution in [2.45, 2.75) is 58.2 Å². The number of benzene rings is 2. The number of aromatic nitrogens is 3. The van der Waals surface area contributed by atoms with Gasteiger partial charge in [-0.05, 0) is 63.4 Å². The van der Waals surface area contributed by atoms with Crippen LogP contribution in [0.3, 0.4) is 0 Å². The number of aryl methyl sites for hydroxylation is 3. The van der Waals surface area contributed by atoms with Crippen molar-refractivity contribution in [3.05, 3.63) is 70.5 Å². The van der Waals surface area contributed by atoms with E-state index in [-0.39, 0.29) is 6.10 Å². The smallest absolute Gasteiger partial charge is 0.191 e. The van der Waals surface area contributed by atoms with Crippen LogP contribution in [-0.2, 0) is 12.3 Å². The molecule has 0 bridgehead atoms. The average Bonchev–Trinajstić information content (AvgIpc) is 3.02. The molecule has 0 N–H and O–H groups in total. The Morgan fingerprint density at radius 3 is 2.41 bits per heavy atom. The SMILES string of the molecule is CCn1c(SCc2cccc(C)c2)nnc1C(C)Oc1cc(C)cc(C)c1. The van der Waals surface area contributed by atoms with Gasteiger partial charge >= 0.3 is 0 Å². The van der Waals surface area contributed by atoms with Crippen molar-refractivity contribution in [2.75, 3.05) is 0 Å². The number of ether oxygens (including phenoxy) is 1. The summed E-state index contributed by atoms with van der Waals surface area (Å²) in [6, 6.07) is 14.8. The predicted octanol–water partition coefficient (Wildman–Crippen LogP) is 5.66. The Bertz CT molecular complexity index is 899. The largest absolute Gasteiger partial charge is 0.483 e. The third-order valence-electron chi connectivity index (χ3n) is 4.38. The van der Waals surface area contributed by atoms with E-state index in [9.17, 15) is 0 Å². The van der Waals surface area contributed by atoms with Crippen LogP contribution < -0.4 is 4.74 Å². The van der Waals surface area contributed by atoms with Gasteiger partial charge in [0.1, 0.15) is 5.75 Å². The molecule has 27 heavy (non-hydrogen) atoms. The van der Waals surface area contributed by atoms with Gasteiger partial charge in [0.25, 0.3) is 0 Å². The molecule has 3 rings (SSSR count). The van der Waals surface area contributed by atoms with E-state index in [1.165, 1.54) is 22.3 Å². The zero-order chi connectivity index (χ0) is 19.4. The van der Waals surface area contributed by atoms with Crippen molar-refractivity contribution in [1.29, 1.82) is 0 Å². The van der Waals surface area contributed by atoms with Gasteiger partial charge in [-0.3, -0.25) is 0 Å². The minimum absolute atomic E-state index is 0.160. The van der Waals surface area contributed by atoms with Gasteiger partial charge in [-0.15, -0.1) is 10.2 Å². The second-order valence-corrected chi connectivity index (χ2v) is 7.89. The summed E-state index contributed by atoms with van der Waals surface area (Å²) in [5.74, 6) is 2.62. The van der Waals surface area contributed by atoms with Crippen molar-refractivity contribution in [3.8, 4) is 5.75 Å². The highest BCUT2D eigenvalue weighted by atomic mass is 32.2. The molecule has 5 heteroatoms. The molecule has 1 atom stereocenters. The highest BCUT2D eigenvalue weighted by molar-refractivity contribution is 7.98. The van der Waals surface area contributed by atoms with Gasteiger partial charge < -0.3 is 9.30 Å². The quantitative estimate of drug-likeness (QED) is 0.495. The fourth-order valence-electron chi connectivity index (χ4n) is 3.21. The van der Waals surface area contributed by atoms with Crippen LogP contribution in [0.5, 0.6) is 5.75 Å². The molecule has 1 heterocycles. The highest BCUT2D eigenvalue weighted by Crippen LogP contribution is 2.27. The second kappa shape index (κ2) is 8.61. The van der Waals surface area contributed by atoms with E-state index >= 15 is 0 Å². The Morgan fingerprint density at radius 2 is 1.74 bits per heavy atom. The third kappa shape index (κ3) is 4.92. The summed E-state index contributed by atoms with van der Waals surface area (Å²) in [5, 5.41) is 9.78. The molecular formula is C22H27N3OS. The van der Waals surface area contributed by atoms with Gasteiger partial charge in [0.2, 0.25) is 0 Å². The van der Waals surface area contributed by atoms with Crippen molar-refractivity contribution in [1.82, 2.24) is 14.8 Å². The fourth-order valence-corrected chi connectivity index (χ4v) is 4.16. The Morgan fingerprint density at radius 1 is 1.00 bits per heavy atom. The number of thioether (sulfide) groups is 1. The lowest BCUT2D eigenvalue weighted by atomic mass is 10.1. The molecule has 3 aromatic rings. The molecule has 4 nitrogen and oxygen atoms in total. The standard InChI is InChI=1S/C22H27N3OS/c1-6-25-21(18(5)26-20-12-16(3)10-17(4)13-20)23-24-22(25)27-14-19-9-7-8-15(2)11-19/h7-13,18H,6,14H2,1-5H3. The molecule has 142 valence electrons. The van der Waals surface area contributed by atoms with Crippen LogP contribution in [0, 0.1) is 20.8 Å². The van der Waals surface area contributed by atoms with Crippen LogP contribution in [-0.4, -0.2) is 14.8 Å². The van der Waals surface area contributed by atoms with Crippen LogP contribution in [0.15, 0.2) is 47.6 Å². The Hall–Kier alpha value is -2.27. The number of nitrogens with zero attached hydrogens (tertiary/aromatic N) is 3. The summed E-state index contributed by atoms with van der Waals surface area (Å²) in [6.45, 7) is 11.3. The summed E-state index contributed by atoms with van der Waals surface area (Å²) in [6.07, 6.45) is -0.160. The van der Waals surface area contributed by atoms with E-state index in [0.29, 0.717) is 0 Å². The van der Waals surface area contributed by atoms with Gasteiger partial charge in [-0.1, -0.05) is 47.7 Å². The van der Waals surface area contributed by atoms with E-state index in [0.717, 1.165) is 29.0 Å². The number of rotatable bonds is 7. The molecule has 0 fully saturated rings. The molecule has 2 aromatic carbocycles. The normalized spacial score (nSPS) is 12.2. The summed E-state index contributed by atoms with van der Waals surface area (Å²) in [7, 11) is 0. The summed E-state index contributed by atoms with van der Waals surface area (Å²) in [5.41, 5.74) is 4.97. The average molecular weight is 382 g/mol. The predicted molar refractivity (Wildman–Crippen MR) is 111 cm³/mol. The van der Waals surface area contributed by atoms with Gasteiger partial charge in [0, 0.05) is 12.3 Å². The van der Waals surface area contributed by atoms with Crippen LogP contribution >= 0.6 is 11.8 Å². The van der Waals surface area contributed by atoms with E-state index < -0.39 is 0 Å². The Balaban J connectivity index is 1.74. The van der Waals surface area contributed by atoms with Crippen LogP contribution in [0.4, 0.5) is 0 Å². The topological polar surface area (TPSA) is 39.9 Å². The molecule has 0 saturated carbocycles. The highest BCUT2D eigenvalue weighted by Gasteiger charge is 2.19. The summed E-state index contributed by atoms with van der Waals surface area (Å²) in [4.78, 5) is 0. The minimum atomic E-state index is -0.160. The monoisotopic (exact) mass is 381 g/mol. The maximum absolute atomic E-state index is 6.16. The van der Waals surface area contributed by atoms with E-state index in [4.69, 9.17) is 4.74 Å². The Kier molecular flexibility index (Phi) is 6.22. The molecule has 0 aliphatic rings. The third-order valence-corrected chi connectivity index (χ3v) is 5.42. The minimum Gasteiger partial charge on any atom is -0.483 e. The second-order valence-electron chi connectivity index (χ2n) is 6.95. The first-order valence-corrected chi connectivity index (χ1v) is 10.3. The van der Waals surface area contributed by atoms with Crippen LogP contribution in [0.25, 0.3) is 0 Å². The van der Waals surface area contributed by atoms with Gasteiger partial charge in [0.15, 0.2) is 17.1 Å². The molecule has 0 radical (unpaired) electrons. The number of hydrogen-bond donors (Lipinski definition) is 0. The maximum atomic E-state index is 6.16. The summed E-state index contributed by atoms with van der Waals surface area (Å²) >= 11 is 1.72. The van der Waals surface area contributed by atoms with Gasteiger partial charge in [0.05, 0.1) is 0 Å².